The van der Waals surface area contributed by atoms with Crippen LogP contribution in [0, 0.1) is 5.92 Å². The van der Waals surface area contributed by atoms with E-state index < -0.39 is 5.92 Å². The van der Waals surface area contributed by atoms with E-state index in [4.69, 9.17) is 14.2 Å². The summed E-state index contributed by atoms with van der Waals surface area (Å²) in [5, 5.41) is 2.86. The first kappa shape index (κ1) is 20.0. The summed E-state index contributed by atoms with van der Waals surface area (Å²) in [5.41, 5.74) is 1.28. The van der Waals surface area contributed by atoms with E-state index in [2.05, 4.69) is 21.2 Å². The number of carbonyl (C=O) groups is 2. The van der Waals surface area contributed by atoms with Gasteiger partial charge in [0.05, 0.1) is 32.9 Å². The van der Waals surface area contributed by atoms with Gasteiger partial charge in [-0.1, -0.05) is 15.9 Å². The number of nitrogens with zero attached hydrogens (tertiary/aromatic N) is 1. The number of methoxy groups -OCH3 is 3. The second-order valence-corrected chi connectivity index (χ2v) is 7.20. The molecule has 2 amide bonds. The van der Waals surface area contributed by atoms with Crippen molar-refractivity contribution in [3.63, 3.8) is 0 Å². The molecule has 8 heteroatoms. The van der Waals surface area contributed by atoms with Crippen LogP contribution in [0.15, 0.2) is 40.9 Å². The van der Waals surface area contributed by atoms with Gasteiger partial charge in [0.1, 0.15) is 0 Å². The maximum atomic E-state index is 12.6. The highest BCUT2D eigenvalue weighted by atomic mass is 79.9. The van der Waals surface area contributed by atoms with Gasteiger partial charge in [-0.2, -0.15) is 0 Å². The van der Waals surface area contributed by atoms with Gasteiger partial charge < -0.3 is 24.4 Å². The van der Waals surface area contributed by atoms with Crippen molar-refractivity contribution in [2.75, 3.05) is 38.1 Å². The molecule has 0 spiro atoms. The third-order valence-corrected chi connectivity index (χ3v) is 5.10. The van der Waals surface area contributed by atoms with Crippen molar-refractivity contribution < 1.29 is 23.8 Å². The van der Waals surface area contributed by atoms with E-state index in [1.54, 1.807) is 29.2 Å². The van der Waals surface area contributed by atoms with Crippen molar-refractivity contribution in [1.29, 1.82) is 0 Å². The summed E-state index contributed by atoms with van der Waals surface area (Å²) in [4.78, 5) is 26.7. The zero-order valence-electron chi connectivity index (χ0n) is 15.8. The Morgan fingerprint density at radius 1 is 1.07 bits per heavy atom. The maximum absolute atomic E-state index is 12.6. The SMILES string of the molecule is COc1cc(N2CC(C(=O)Nc3ccc(Br)cc3)CC2=O)cc(OC)c1OC. The number of benzene rings is 2. The molecule has 0 radical (unpaired) electrons. The molecule has 1 N–H and O–H groups in total. The molecule has 7 nitrogen and oxygen atoms in total. The molecule has 28 heavy (non-hydrogen) atoms. The Labute approximate surface area is 171 Å². The highest BCUT2D eigenvalue weighted by Gasteiger charge is 2.36. The first-order chi connectivity index (χ1) is 13.5. The lowest BCUT2D eigenvalue weighted by Crippen LogP contribution is -2.28. The average molecular weight is 449 g/mol. The molecule has 1 fully saturated rings. The Kier molecular flexibility index (Phi) is 6.08. The molecule has 2 aromatic carbocycles. The largest absolute Gasteiger partial charge is 0.493 e. The molecule has 1 aliphatic heterocycles. The van der Waals surface area contributed by atoms with Gasteiger partial charge in [0, 0.05) is 35.3 Å². The summed E-state index contributed by atoms with van der Waals surface area (Å²) >= 11 is 3.36. The monoisotopic (exact) mass is 448 g/mol. The van der Waals surface area contributed by atoms with Crippen molar-refractivity contribution in [1.82, 2.24) is 0 Å². The minimum Gasteiger partial charge on any atom is -0.493 e. The molecule has 1 saturated heterocycles. The van der Waals surface area contributed by atoms with Crippen LogP contribution < -0.4 is 24.4 Å². The standard InChI is InChI=1S/C20H21BrN2O5/c1-26-16-9-15(10-17(27-2)19(16)28-3)23-11-12(8-18(23)24)20(25)22-14-6-4-13(21)5-7-14/h4-7,9-10,12H,8,11H2,1-3H3,(H,22,25). The van der Waals surface area contributed by atoms with Crippen LogP contribution in [0.25, 0.3) is 0 Å². The molecule has 1 heterocycles. The predicted molar refractivity (Wildman–Crippen MR) is 109 cm³/mol. The predicted octanol–water partition coefficient (Wildman–Crippen LogP) is 3.47. The molecule has 1 aliphatic rings. The lowest BCUT2D eigenvalue weighted by molar-refractivity contribution is -0.122. The number of rotatable bonds is 6. The molecular formula is C20H21BrN2O5. The highest BCUT2D eigenvalue weighted by Crippen LogP contribution is 2.42. The van der Waals surface area contributed by atoms with E-state index in [1.165, 1.54) is 21.3 Å². The summed E-state index contributed by atoms with van der Waals surface area (Å²) < 4.78 is 16.9. The number of halogens is 1. The van der Waals surface area contributed by atoms with Gasteiger partial charge in [0.25, 0.3) is 0 Å². The topological polar surface area (TPSA) is 77.1 Å². The fraction of sp³-hybridized carbons (Fsp3) is 0.300. The summed E-state index contributed by atoms with van der Waals surface area (Å²) in [5.74, 6) is 0.579. The van der Waals surface area contributed by atoms with Crippen molar-refractivity contribution >= 4 is 39.1 Å². The van der Waals surface area contributed by atoms with Crippen LogP contribution in [0.4, 0.5) is 11.4 Å². The van der Waals surface area contributed by atoms with Crippen LogP contribution in [0.5, 0.6) is 17.2 Å². The lowest BCUT2D eigenvalue weighted by atomic mass is 10.1. The van der Waals surface area contributed by atoms with Crippen LogP contribution in [-0.2, 0) is 9.59 Å². The molecule has 0 aliphatic carbocycles. The van der Waals surface area contributed by atoms with Crippen molar-refractivity contribution in [3.05, 3.63) is 40.9 Å². The lowest BCUT2D eigenvalue weighted by Gasteiger charge is -2.20. The Morgan fingerprint density at radius 2 is 1.68 bits per heavy atom. The second-order valence-electron chi connectivity index (χ2n) is 6.29. The van der Waals surface area contributed by atoms with Crippen molar-refractivity contribution in [3.8, 4) is 17.2 Å². The maximum Gasteiger partial charge on any atom is 0.229 e. The fourth-order valence-corrected chi connectivity index (χ4v) is 3.40. The number of hydrogen-bond donors (Lipinski definition) is 1. The first-order valence-corrected chi connectivity index (χ1v) is 9.43. The zero-order chi connectivity index (χ0) is 20.3. The van der Waals surface area contributed by atoms with Crippen LogP contribution >= 0.6 is 15.9 Å². The van der Waals surface area contributed by atoms with E-state index in [0.717, 1.165) is 4.47 Å². The third-order valence-electron chi connectivity index (χ3n) is 4.57. The molecular weight excluding hydrogens is 428 g/mol. The Balaban J connectivity index is 1.79. The van der Waals surface area contributed by atoms with E-state index >= 15 is 0 Å². The number of ether oxygens (including phenoxy) is 3. The summed E-state index contributed by atoms with van der Waals surface area (Å²) in [6.45, 7) is 0.278. The van der Waals surface area contributed by atoms with Crippen LogP contribution in [0.2, 0.25) is 0 Å². The molecule has 0 aromatic heterocycles. The Bertz CT molecular complexity index is 860. The average Bonchev–Trinajstić information content (AvgIpc) is 3.10. The fourth-order valence-electron chi connectivity index (χ4n) is 3.13. The van der Waals surface area contributed by atoms with Gasteiger partial charge in [0.15, 0.2) is 11.5 Å². The Hall–Kier alpha value is -2.74. The van der Waals surface area contributed by atoms with Gasteiger partial charge in [-0.25, -0.2) is 0 Å². The molecule has 1 atom stereocenters. The van der Waals surface area contributed by atoms with Gasteiger partial charge in [-0.3, -0.25) is 9.59 Å². The van der Waals surface area contributed by atoms with E-state index in [9.17, 15) is 9.59 Å². The Morgan fingerprint density at radius 3 is 2.21 bits per heavy atom. The van der Waals surface area contributed by atoms with Crippen LogP contribution in [-0.4, -0.2) is 39.7 Å². The molecule has 1 unspecified atom stereocenters. The normalized spacial score (nSPS) is 16.1. The minimum atomic E-state index is -0.449. The summed E-state index contributed by atoms with van der Waals surface area (Å²) in [7, 11) is 4.55. The van der Waals surface area contributed by atoms with E-state index in [0.29, 0.717) is 28.6 Å². The number of nitrogens with one attached hydrogen (secondary N) is 1. The molecule has 0 bridgehead atoms. The minimum absolute atomic E-state index is 0.134. The van der Waals surface area contributed by atoms with Gasteiger partial charge in [0.2, 0.25) is 17.6 Å². The quantitative estimate of drug-likeness (QED) is 0.731. The van der Waals surface area contributed by atoms with E-state index in [-0.39, 0.29) is 24.8 Å². The smallest absolute Gasteiger partial charge is 0.229 e. The number of amides is 2. The highest BCUT2D eigenvalue weighted by molar-refractivity contribution is 9.10. The molecule has 3 rings (SSSR count). The second kappa shape index (κ2) is 8.52. The number of anilines is 2. The van der Waals surface area contributed by atoms with E-state index in [1.807, 2.05) is 12.1 Å². The van der Waals surface area contributed by atoms with Gasteiger partial charge >= 0.3 is 0 Å². The van der Waals surface area contributed by atoms with Crippen LogP contribution in [0.1, 0.15) is 6.42 Å². The summed E-state index contributed by atoms with van der Waals surface area (Å²) in [6, 6.07) is 10.7. The van der Waals surface area contributed by atoms with Gasteiger partial charge in [-0.15, -0.1) is 0 Å². The number of hydrogen-bond acceptors (Lipinski definition) is 5. The molecule has 2 aromatic rings. The zero-order valence-corrected chi connectivity index (χ0v) is 17.4. The number of carbonyl (C=O) groups excluding carboxylic acids is 2. The van der Waals surface area contributed by atoms with Gasteiger partial charge in [-0.05, 0) is 24.3 Å². The third kappa shape index (κ3) is 4.06. The van der Waals surface area contributed by atoms with Crippen molar-refractivity contribution in [2.24, 2.45) is 5.92 Å². The first-order valence-electron chi connectivity index (χ1n) is 8.63. The van der Waals surface area contributed by atoms with Crippen LogP contribution in [0.3, 0.4) is 0 Å². The summed E-state index contributed by atoms with van der Waals surface area (Å²) in [6.07, 6.45) is 0.138. The van der Waals surface area contributed by atoms with Crippen molar-refractivity contribution in [2.45, 2.75) is 6.42 Å². The molecule has 148 valence electrons. The molecule has 0 saturated carbocycles.